The van der Waals surface area contributed by atoms with Gasteiger partial charge in [0.15, 0.2) is 0 Å². The number of aryl methyl sites for hydroxylation is 1. The van der Waals surface area contributed by atoms with Crippen LogP contribution < -0.4 is 0 Å². The van der Waals surface area contributed by atoms with Gasteiger partial charge in [0.1, 0.15) is 10.1 Å². The number of aromatic nitrogens is 1. The van der Waals surface area contributed by atoms with Crippen molar-refractivity contribution in [1.82, 2.24) is 9.47 Å². The molecule has 1 N–H and O–H groups in total. The minimum atomic E-state index is -0.0793. The molecule has 0 unspecified atom stereocenters. The Morgan fingerprint density at radius 2 is 1.96 bits per heavy atom. The fourth-order valence-corrected chi connectivity index (χ4v) is 4.13. The first-order valence-corrected chi connectivity index (χ1v) is 8.99. The Hall–Kier alpha value is -2.31. The molecular weight excluding hydrogens is 352 g/mol. The van der Waals surface area contributed by atoms with E-state index in [4.69, 9.17) is 12.2 Å². The number of phenolic OH excluding ortho intramolecular Hbond substituents is 1. The van der Waals surface area contributed by atoms with Gasteiger partial charge in [-0.1, -0.05) is 30.1 Å². The first-order valence-electron chi connectivity index (χ1n) is 7.77. The number of hydrogen-bond acceptors (Lipinski definition) is 4. The Morgan fingerprint density at radius 1 is 1.28 bits per heavy atom. The zero-order valence-electron chi connectivity index (χ0n) is 14.0. The second kappa shape index (κ2) is 6.90. The maximum atomic E-state index is 12.5. The maximum absolute atomic E-state index is 12.5. The van der Waals surface area contributed by atoms with Crippen LogP contribution in [0.3, 0.4) is 0 Å². The van der Waals surface area contributed by atoms with Gasteiger partial charge in [0.2, 0.25) is 0 Å². The Labute approximate surface area is 156 Å². The summed E-state index contributed by atoms with van der Waals surface area (Å²) in [4.78, 5) is 14.7. The number of rotatable bonds is 4. The van der Waals surface area contributed by atoms with E-state index in [-0.39, 0.29) is 11.7 Å². The van der Waals surface area contributed by atoms with Gasteiger partial charge < -0.3 is 9.67 Å². The lowest BCUT2D eigenvalue weighted by molar-refractivity contribution is -0.121. The third kappa shape index (κ3) is 3.27. The summed E-state index contributed by atoms with van der Waals surface area (Å²) in [6.45, 7) is 8.12. The van der Waals surface area contributed by atoms with Gasteiger partial charge in [-0.25, -0.2) is 0 Å². The zero-order valence-corrected chi connectivity index (χ0v) is 15.7. The first kappa shape index (κ1) is 17.5. The number of carbonyl (C=O) groups excluding carboxylic acids is 1. The first-order chi connectivity index (χ1) is 11.9. The van der Waals surface area contributed by atoms with Crippen LogP contribution in [0.4, 0.5) is 0 Å². The molecule has 0 spiro atoms. The zero-order chi connectivity index (χ0) is 18.1. The summed E-state index contributed by atoms with van der Waals surface area (Å²) < 4.78 is 2.65. The Balaban J connectivity index is 1.99. The molecule has 1 aliphatic rings. The molecule has 4 nitrogen and oxygen atoms in total. The average molecular weight is 370 g/mol. The number of aromatic hydroxyl groups is 1. The molecule has 1 saturated heterocycles. The van der Waals surface area contributed by atoms with Crippen LogP contribution in [-0.4, -0.2) is 31.3 Å². The quantitative estimate of drug-likeness (QED) is 0.498. The topological polar surface area (TPSA) is 45.5 Å². The van der Waals surface area contributed by atoms with Crippen molar-refractivity contribution in [1.29, 1.82) is 0 Å². The summed E-state index contributed by atoms with van der Waals surface area (Å²) in [6.07, 6.45) is 3.56. The average Bonchev–Trinajstić information content (AvgIpc) is 3.00. The molecule has 0 aliphatic carbocycles. The van der Waals surface area contributed by atoms with Crippen molar-refractivity contribution in [2.75, 3.05) is 6.54 Å². The summed E-state index contributed by atoms with van der Waals surface area (Å²) >= 11 is 6.60. The van der Waals surface area contributed by atoms with Crippen molar-refractivity contribution in [3.05, 3.63) is 64.8 Å². The highest BCUT2D eigenvalue weighted by Gasteiger charge is 2.31. The maximum Gasteiger partial charge on any atom is 0.266 e. The SMILES string of the molecule is C=CCN1C(=O)/C(=C/c2cc(C)n(-c3ccc(O)cc3)c2C)SC1=S. The molecular formula is C19H18N2O2S2. The molecule has 3 rings (SSSR count). The van der Waals surface area contributed by atoms with E-state index >= 15 is 0 Å². The second-order valence-electron chi connectivity index (χ2n) is 5.76. The van der Waals surface area contributed by atoms with Gasteiger partial charge >= 0.3 is 0 Å². The molecule has 1 aliphatic heterocycles. The molecule has 0 saturated carbocycles. The lowest BCUT2D eigenvalue weighted by Gasteiger charge is -2.10. The fraction of sp³-hybridized carbons (Fsp3) is 0.158. The van der Waals surface area contributed by atoms with E-state index in [0.29, 0.717) is 15.8 Å². The largest absolute Gasteiger partial charge is 0.508 e. The van der Waals surface area contributed by atoms with Crippen LogP contribution in [0.25, 0.3) is 11.8 Å². The van der Waals surface area contributed by atoms with Gasteiger partial charge in [-0.3, -0.25) is 9.69 Å². The molecule has 1 amide bonds. The third-order valence-corrected chi connectivity index (χ3v) is 5.43. The van der Waals surface area contributed by atoms with Gasteiger partial charge in [0.25, 0.3) is 5.91 Å². The Kier molecular flexibility index (Phi) is 4.83. The number of phenols is 1. The van der Waals surface area contributed by atoms with E-state index in [9.17, 15) is 9.90 Å². The molecule has 1 aromatic heterocycles. The van der Waals surface area contributed by atoms with Crippen LogP contribution in [0.15, 0.2) is 47.9 Å². The molecule has 0 radical (unpaired) electrons. The molecule has 25 heavy (non-hydrogen) atoms. The summed E-state index contributed by atoms with van der Waals surface area (Å²) in [6, 6.07) is 9.09. The van der Waals surface area contributed by atoms with Crippen LogP contribution in [0.5, 0.6) is 5.75 Å². The molecule has 0 bridgehead atoms. The van der Waals surface area contributed by atoms with Crippen molar-refractivity contribution in [3.8, 4) is 11.4 Å². The van der Waals surface area contributed by atoms with Crippen molar-refractivity contribution < 1.29 is 9.90 Å². The highest BCUT2D eigenvalue weighted by Crippen LogP contribution is 2.34. The minimum absolute atomic E-state index is 0.0793. The Bertz CT molecular complexity index is 895. The molecule has 1 aromatic carbocycles. The van der Waals surface area contributed by atoms with Crippen molar-refractivity contribution in [2.24, 2.45) is 0 Å². The molecule has 2 heterocycles. The molecule has 1 fully saturated rings. The van der Waals surface area contributed by atoms with Gasteiger partial charge in [0, 0.05) is 23.6 Å². The third-order valence-electron chi connectivity index (χ3n) is 4.05. The molecule has 0 atom stereocenters. The van der Waals surface area contributed by atoms with Crippen LogP contribution in [0, 0.1) is 13.8 Å². The number of nitrogens with zero attached hydrogens (tertiary/aromatic N) is 2. The smallest absolute Gasteiger partial charge is 0.266 e. The Morgan fingerprint density at radius 3 is 2.60 bits per heavy atom. The van der Waals surface area contributed by atoms with Crippen molar-refractivity contribution >= 4 is 40.3 Å². The van der Waals surface area contributed by atoms with Crippen molar-refractivity contribution in [2.45, 2.75) is 13.8 Å². The lowest BCUT2D eigenvalue weighted by atomic mass is 10.2. The van der Waals surface area contributed by atoms with Gasteiger partial charge in [-0.05, 0) is 55.8 Å². The van der Waals surface area contributed by atoms with E-state index < -0.39 is 0 Å². The summed E-state index contributed by atoms with van der Waals surface area (Å²) in [7, 11) is 0. The number of benzene rings is 1. The highest BCUT2D eigenvalue weighted by molar-refractivity contribution is 8.26. The van der Waals surface area contributed by atoms with Crippen LogP contribution >= 0.6 is 24.0 Å². The summed E-state index contributed by atoms with van der Waals surface area (Å²) in [5.41, 5.74) is 4.02. The van der Waals surface area contributed by atoms with Gasteiger partial charge in [0.05, 0.1) is 4.91 Å². The number of amides is 1. The molecule has 128 valence electrons. The summed E-state index contributed by atoms with van der Waals surface area (Å²) in [5, 5.41) is 9.48. The number of carbonyl (C=O) groups is 1. The standard InChI is InChI=1S/C19H18N2O2S2/c1-4-9-20-18(23)17(25-19(20)24)11-14-10-12(2)21(13(14)3)15-5-7-16(22)8-6-15/h4-8,10-11,22H,1,9H2,2-3H3/b17-11-. The van der Waals surface area contributed by atoms with Crippen LogP contribution in [0.1, 0.15) is 17.0 Å². The predicted octanol–water partition coefficient (Wildman–Crippen LogP) is 4.19. The highest BCUT2D eigenvalue weighted by atomic mass is 32.2. The monoisotopic (exact) mass is 370 g/mol. The van der Waals surface area contributed by atoms with Crippen LogP contribution in [-0.2, 0) is 4.79 Å². The lowest BCUT2D eigenvalue weighted by Crippen LogP contribution is -2.27. The predicted molar refractivity (Wildman–Crippen MR) is 107 cm³/mol. The van der Waals surface area contributed by atoms with Crippen LogP contribution in [0.2, 0.25) is 0 Å². The van der Waals surface area contributed by atoms with Crippen molar-refractivity contribution in [3.63, 3.8) is 0 Å². The molecule has 2 aromatic rings. The number of thioether (sulfide) groups is 1. The number of hydrogen-bond donors (Lipinski definition) is 1. The van der Waals surface area contributed by atoms with E-state index in [0.717, 1.165) is 22.6 Å². The second-order valence-corrected chi connectivity index (χ2v) is 7.44. The number of thiocarbonyl (C=S) groups is 1. The fourth-order valence-electron chi connectivity index (χ4n) is 2.86. The minimum Gasteiger partial charge on any atom is -0.508 e. The van der Waals surface area contributed by atoms with E-state index in [2.05, 4.69) is 11.1 Å². The van der Waals surface area contributed by atoms with E-state index in [1.807, 2.05) is 38.1 Å². The van der Waals surface area contributed by atoms with Gasteiger partial charge in [-0.2, -0.15) is 0 Å². The van der Waals surface area contributed by atoms with E-state index in [1.165, 1.54) is 11.8 Å². The normalized spacial score (nSPS) is 16.1. The summed E-state index contributed by atoms with van der Waals surface area (Å²) in [5.74, 6) is 0.154. The molecule has 6 heteroatoms. The van der Waals surface area contributed by atoms with E-state index in [1.54, 1.807) is 23.1 Å². The van der Waals surface area contributed by atoms with Gasteiger partial charge in [-0.15, -0.1) is 6.58 Å².